The van der Waals surface area contributed by atoms with E-state index < -0.39 is 17.7 Å². The zero-order chi connectivity index (χ0) is 30.3. The lowest BCUT2D eigenvalue weighted by Gasteiger charge is -2.40. The van der Waals surface area contributed by atoms with Crippen LogP contribution in [-0.2, 0) is 17.6 Å². The Morgan fingerprint density at radius 2 is 1.81 bits per heavy atom. The van der Waals surface area contributed by atoms with E-state index in [9.17, 15) is 23.2 Å². The number of nitrogens with two attached hydrogens (primary N) is 1. The first-order valence-electron chi connectivity index (χ1n) is 13.5. The molecule has 0 spiro atoms. The molecule has 1 atom stereocenters. The summed E-state index contributed by atoms with van der Waals surface area (Å²) in [6.07, 6.45) is -3.32. The molecule has 1 aliphatic carbocycles. The minimum Gasteiger partial charge on any atom is -0.489 e. The standard InChI is InChI=1S/C33H29ClF3N3O2/c1-18-12-19(2)25(14-21(18)17-42-29-11-10-23(34)13-20(29)3)30-26(16-38)32(39)40(27-8-5-9-28(41)31(27)30)24-7-4-6-22(15-24)33(35,36)37/h4,6-7,10-15,30H,5,8-9,17,39H2,1-3H3. The number of aryl methyl sites for hydroxylation is 3. The van der Waals surface area contributed by atoms with Gasteiger partial charge in [0.15, 0.2) is 5.78 Å². The van der Waals surface area contributed by atoms with Crippen LogP contribution in [0.25, 0.3) is 0 Å². The molecule has 9 heteroatoms. The van der Waals surface area contributed by atoms with E-state index in [4.69, 9.17) is 22.1 Å². The highest BCUT2D eigenvalue weighted by Crippen LogP contribution is 2.48. The molecule has 0 aromatic heterocycles. The largest absolute Gasteiger partial charge is 0.489 e. The van der Waals surface area contributed by atoms with Gasteiger partial charge < -0.3 is 10.5 Å². The zero-order valence-corrected chi connectivity index (χ0v) is 24.2. The fourth-order valence-corrected chi connectivity index (χ4v) is 6.05. The highest BCUT2D eigenvalue weighted by atomic mass is 35.5. The molecule has 0 saturated heterocycles. The first-order valence-corrected chi connectivity index (χ1v) is 13.9. The molecule has 0 fully saturated rings. The lowest BCUT2D eigenvalue weighted by molar-refractivity contribution is -0.137. The van der Waals surface area contributed by atoms with E-state index in [2.05, 4.69) is 6.07 Å². The average molecular weight is 592 g/mol. The number of anilines is 1. The Labute approximate surface area is 247 Å². The van der Waals surface area contributed by atoms with Crippen molar-refractivity contribution in [2.45, 2.75) is 58.7 Å². The van der Waals surface area contributed by atoms with Gasteiger partial charge in [0.1, 0.15) is 18.2 Å². The molecule has 0 radical (unpaired) electrons. The van der Waals surface area contributed by atoms with Crippen LogP contribution in [0.1, 0.15) is 58.6 Å². The summed E-state index contributed by atoms with van der Waals surface area (Å²) in [5.74, 6) is -0.195. The van der Waals surface area contributed by atoms with Crippen LogP contribution in [0.4, 0.5) is 18.9 Å². The number of Topliss-reactive ketones (excluding diaryl/α,β-unsaturated/α-hetero) is 1. The smallest absolute Gasteiger partial charge is 0.416 e. The lowest BCUT2D eigenvalue weighted by Crippen LogP contribution is -2.39. The van der Waals surface area contributed by atoms with Gasteiger partial charge in [0, 0.05) is 28.4 Å². The summed E-state index contributed by atoms with van der Waals surface area (Å²) in [6, 6.07) is 16.3. The van der Waals surface area contributed by atoms with Gasteiger partial charge in [0.25, 0.3) is 0 Å². The van der Waals surface area contributed by atoms with Gasteiger partial charge in [-0.25, -0.2) is 0 Å². The van der Waals surface area contributed by atoms with Crippen molar-refractivity contribution in [1.29, 1.82) is 5.26 Å². The van der Waals surface area contributed by atoms with Crippen LogP contribution in [0.3, 0.4) is 0 Å². The van der Waals surface area contributed by atoms with Crippen molar-refractivity contribution in [3.05, 3.63) is 116 Å². The monoisotopic (exact) mass is 591 g/mol. The first-order chi connectivity index (χ1) is 19.9. The summed E-state index contributed by atoms with van der Waals surface area (Å²) in [5, 5.41) is 11.0. The molecule has 1 unspecified atom stereocenters. The van der Waals surface area contributed by atoms with Gasteiger partial charge in [0.2, 0.25) is 0 Å². The molecule has 0 bridgehead atoms. The highest BCUT2D eigenvalue weighted by molar-refractivity contribution is 6.30. The quantitative estimate of drug-likeness (QED) is 0.324. The van der Waals surface area contributed by atoms with Crippen molar-refractivity contribution in [2.75, 3.05) is 4.90 Å². The van der Waals surface area contributed by atoms with Gasteiger partial charge in [0.05, 0.1) is 23.1 Å². The number of halogens is 4. The number of rotatable bonds is 5. The maximum Gasteiger partial charge on any atom is 0.416 e. The Morgan fingerprint density at radius 1 is 1.05 bits per heavy atom. The predicted molar refractivity (Wildman–Crippen MR) is 156 cm³/mol. The fourth-order valence-electron chi connectivity index (χ4n) is 5.83. The van der Waals surface area contributed by atoms with E-state index in [1.54, 1.807) is 12.1 Å². The maximum absolute atomic E-state index is 13.6. The average Bonchev–Trinajstić information content (AvgIpc) is 2.93. The van der Waals surface area contributed by atoms with Crippen molar-refractivity contribution < 1.29 is 22.7 Å². The van der Waals surface area contributed by atoms with Crippen LogP contribution in [0.15, 0.2) is 77.3 Å². The minimum atomic E-state index is -4.56. The van der Waals surface area contributed by atoms with Crippen molar-refractivity contribution in [3.8, 4) is 11.8 Å². The Balaban J connectivity index is 1.63. The summed E-state index contributed by atoms with van der Waals surface area (Å²) in [7, 11) is 0. The molecule has 42 heavy (non-hydrogen) atoms. The molecule has 5 nitrogen and oxygen atoms in total. The summed E-state index contributed by atoms with van der Waals surface area (Å²) in [4.78, 5) is 15.0. The van der Waals surface area contributed by atoms with E-state index >= 15 is 0 Å². The highest BCUT2D eigenvalue weighted by Gasteiger charge is 2.41. The van der Waals surface area contributed by atoms with Crippen LogP contribution in [0.5, 0.6) is 5.75 Å². The molecule has 2 aliphatic rings. The van der Waals surface area contributed by atoms with Crippen LogP contribution < -0.4 is 15.4 Å². The predicted octanol–water partition coefficient (Wildman–Crippen LogP) is 8.17. The summed E-state index contributed by atoms with van der Waals surface area (Å²) in [6.45, 7) is 6.02. The lowest BCUT2D eigenvalue weighted by atomic mass is 9.74. The SMILES string of the molecule is Cc1cc(C)c(C2C(C#N)=C(N)N(c3cccc(C(F)(F)F)c3)C3=C2C(=O)CCC3)cc1COc1ccc(Cl)cc1C. The fraction of sp³-hybridized carbons (Fsp3) is 0.273. The zero-order valence-electron chi connectivity index (χ0n) is 23.4. The molecular weight excluding hydrogens is 563 g/mol. The van der Waals surface area contributed by atoms with E-state index in [0.717, 1.165) is 39.9 Å². The van der Waals surface area contributed by atoms with Gasteiger partial charge in [-0.3, -0.25) is 9.69 Å². The number of ether oxygens (including phenoxy) is 1. The van der Waals surface area contributed by atoms with E-state index in [-0.39, 0.29) is 35.9 Å². The number of nitriles is 1. The third-order valence-corrected chi connectivity index (χ3v) is 8.14. The molecular formula is C33H29ClF3N3O2. The molecule has 1 heterocycles. The van der Waals surface area contributed by atoms with Gasteiger partial charge in [-0.15, -0.1) is 0 Å². The second-order valence-electron chi connectivity index (χ2n) is 10.7. The summed E-state index contributed by atoms with van der Waals surface area (Å²) in [5.41, 5.74) is 11.3. The number of benzene rings is 3. The van der Waals surface area contributed by atoms with Crippen LogP contribution in [-0.4, -0.2) is 5.78 Å². The number of hydrogen-bond acceptors (Lipinski definition) is 5. The molecule has 3 aromatic carbocycles. The first kappa shape index (κ1) is 29.3. The Kier molecular flexibility index (Phi) is 7.82. The summed E-state index contributed by atoms with van der Waals surface area (Å²) < 4.78 is 46.9. The van der Waals surface area contributed by atoms with Gasteiger partial charge in [-0.2, -0.15) is 18.4 Å². The Morgan fingerprint density at radius 3 is 2.50 bits per heavy atom. The normalized spacial score (nSPS) is 17.3. The van der Waals surface area contributed by atoms with Crippen LogP contribution in [0.2, 0.25) is 5.02 Å². The summed E-state index contributed by atoms with van der Waals surface area (Å²) >= 11 is 6.09. The second kappa shape index (κ2) is 11.2. The minimum absolute atomic E-state index is 0.0184. The number of carbonyl (C=O) groups excluding carboxylic acids is 1. The molecule has 2 N–H and O–H groups in total. The van der Waals surface area contributed by atoms with E-state index in [1.165, 1.54) is 17.0 Å². The third kappa shape index (κ3) is 5.37. The molecule has 0 amide bonds. The molecule has 3 aromatic rings. The molecule has 5 rings (SSSR count). The number of ketones is 1. The van der Waals surface area contributed by atoms with Gasteiger partial charge >= 0.3 is 6.18 Å². The van der Waals surface area contributed by atoms with Gasteiger partial charge in [-0.1, -0.05) is 29.8 Å². The number of carbonyl (C=O) groups is 1. The second-order valence-corrected chi connectivity index (χ2v) is 11.1. The van der Waals surface area contributed by atoms with Crippen LogP contribution >= 0.6 is 11.6 Å². The van der Waals surface area contributed by atoms with Crippen LogP contribution in [0, 0.1) is 32.1 Å². The van der Waals surface area contributed by atoms with Crippen molar-refractivity contribution in [3.63, 3.8) is 0 Å². The molecule has 216 valence electrons. The number of nitrogens with zero attached hydrogens (tertiary/aromatic N) is 2. The Bertz CT molecular complexity index is 1700. The van der Waals surface area contributed by atoms with Gasteiger partial charge in [-0.05, 0) is 97.8 Å². The van der Waals surface area contributed by atoms with Crippen molar-refractivity contribution in [1.82, 2.24) is 0 Å². The van der Waals surface area contributed by atoms with E-state index in [0.29, 0.717) is 34.9 Å². The van der Waals surface area contributed by atoms with Crippen molar-refractivity contribution >= 4 is 23.1 Å². The number of alkyl halides is 3. The van der Waals surface area contributed by atoms with E-state index in [1.807, 2.05) is 39.0 Å². The number of hydrogen-bond donors (Lipinski definition) is 1. The number of allylic oxidation sites excluding steroid dienone is 3. The third-order valence-electron chi connectivity index (χ3n) is 7.90. The molecule has 0 saturated carbocycles. The van der Waals surface area contributed by atoms with Crippen molar-refractivity contribution in [2.24, 2.45) is 5.73 Å². The maximum atomic E-state index is 13.6. The molecule has 1 aliphatic heterocycles. The Hall–Kier alpha value is -4.22. The topological polar surface area (TPSA) is 79.4 Å².